The summed E-state index contributed by atoms with van der Waals surface area (Å²) < 4.78 is 0. The molecule has 0 saturated heterocycles. The fourth-order valence-electron chi connectivity index (χ4n) is 2.20. The first kappa shape index (κ1) is 11.1. The van der Waals surface area contributed by atoms with Crippen molar-refractivity contribution in [2.75, 3.05) is 0 Å². The summed E-state index contributed by atoms with van der Waals surface area (Å²) in [6.45, 7) is 11.9. The van der Waals surface area contributed by atoms with Gasteiger partial charge in [0.15, 0.2) is 0 Å². The van der Waals surface area contributed by atoms with Crippen LogP contribution in [0.15, 0.2) is 0 Å². The van der Waals surface area contributed by atoms with E-state index in [2.05, 4.69) is 34.6 Å². The number of rotatable bonds is 5. The maximum Gasteiger partial charge on any atom is -0.0386 e. The summed E-state index contributed by atoms with van der Waals surface area (Å²) in [6, 6.07) is 0. The number of hydrogen-bond donors (Lipinski definition) is 0. The summed E-state index contributed by atoms with van der Waals surface area (Å²) in [6.07, 6.45) is 4.44. The van der Waals surface area contributed by atoms with Crippen molar-refractivity contribution in [1.29, 1.82) is 0 Å². The Morgan fingerprint density at radius 2 is 1.69 bits per heavy atom. The molecule has 0 aromatic rings. The first-order valence-corrected chi connectivity index (χ1v) is 6.02. The molecular weight excluding hydrogens is 156 g/mol. The Hall–Kier alpha value is 0. The first-order valence-electron chi connectivity index (χ1n) is 6.02. The molecular formula is C13H26. The molecule has 0 radical (unpaired) electrons. The molecule has 0 aromatic carbocycles. The molecule has 1 saturated carbocycles. The quantitative estimate of drug-likeness (QED) is 0.593. The summed E-state index contributed by atoms with van der Waals surface area (Å²) in [4.78, 5) is 0. The Morgan fingerprint density at radius 3 is 2.08 bits per heavy atom. The molecule has 0 aromatic heterocycles. The van der Waals surface area contributed by atoms with Gasteiger partial charge in [0.2, 0.25) is 0 Å². The van der Waals surface area contributed by atoms with Crippen molar-refractivity contribution in [2.45, 2.75) is 53.9 Å². The zero-order chi connectivity index (χ0) is 10.0. The maximum atomic E-state index is 2.43. The molecule has 0 aliphatic heterocycles. The molecule has 0 nitrogen and oxygen atoms in total. The van der Waals surface area contributed by atoms with Gasteiger partial charge in [0.05, 0.1) is 0 Å². The second-order valence-electron chi connectivity index (χ2n) is 5.63. The average molecular weight is 182 g/mol. The lowest BCUT2D eigenvalue weighted by Gasteiger charge is -2.23. The Morgan fingerprint density at radius 1 is 1.15 bits per heavy atom. The van der Waals surface area contributed by atoms with Crippen LogP contribution in [0.25, 0.3) is 0 Å². The van der Waals surface area contributed by atoms with Crippen molar-refractivity contribution in [3.63, 3.8) is 0 Å². The van der Waals surface area contributed by atoms with Gasteiger partial charge in [-0.2, -0.15) is 0 Å². The minimum atomic E-state index is 0.853. The molecule has 0 N–H and O–H groups in total. The van der Waals surface area contributed by atoms with Crippen LogP contribution in [0, 0.1) is 29.6 Å². The molecule has 1 aliphatic rings. The Kier molecular flexibility index (Phi) is 3.82. The van der Waals surface area contributed by atoms with Gasteiger partial charge in [0.1, 0.15) is 0 Å². The number of hydrogen-bond acceptors (Lipinski definition) is 0. The molecule has 13 heavy (non-hydrogen) atoms. The van der Waals surface area contributed by atoms with Crippen LogP contribution in [0.5, 0.6) is 0 Å². The predicted molar refractivity (Wildman–Crippen MR) is 59.7 cm³/mol. The molecule has 0 bridgehead atoms. The van der Waals surface area contributed by atoms with Crippen molar-refractivity contribution >= 4 is 0 Å². The maximum absolute atomic E-state index is 2.43. The van der Waals surface area contributed by atoms with Gasteiger partial charge in [0.25, 0.3) is 0 Å². The van der Waals surface area contributed by atoms with Gasteiger partial charge in [-0.1, -0.05) is 41.0 Å². The van der Waals surface area contributed by atoms with Gasteiger partial charge < -0.3 is 0 Å². The van der Waals surface area contributed by atoms with E-state index in [9.17, 15) is 0 Å². The summed E-state index contributed by atoms with van der Waals surface area (Å²) >= 11 is 0. The third kappa shape index (κ3) is 3.32. The van der Waals surface area contributed by atoms with E-state index in [4.69, 9.17) is 0 Å². The zero-order valence-electron chi connectivity index (χ0n) is 10.0. The van der Waals surface area contributed by atoms with Crippen LogP contribution in [0.3, 0.4) is 0 Å². The van der Waals surface area contributed by atoms with E-state index in [-0.39, 0.29) is 0 Å². The minimum Gasteiger partial charge on any atom is -0.0625 e. The van der Waals surface area contributed by atoms with Crippen LogP contribution in [0.4, 0.5) is 0 Å². The van der Waals surface area contributed by atoms with Crippen molar-refractivity contribution in [1.82, 2.24) is 0 Å². The monoisotopic (exact) mass is 182 g/mol. The van der Waals surface area contributed by atoms with Crippen molar-refractivity contribution in [2.24, 2.45) is 29.6 Å². The SMILES string of the molecule is CC(C)C(C)C(C)CCC1CC1C. The fraction of sp³-hybridized carbons (Fsp3) is 1.00. The van der Waals surface area contributed by atoms with Gasteiger partial charge in [0, 0.05) is 0 Å². The van der Waals surface area contributed by atoms with E-state index in [1.54, 1.807) is 0 Å². The third-order valence-corrected chi connectivity index (χ3v) is 4.22. The second kappa shape index (κ2) is 4.48. The summed E-state index contributed by atoms with van der Waals surface area (Å²) in [5.41, 5.74) is 0. The average Bonchev–Trinajstić information content (AvgIpc) is 2.76. The topological polar surface area (TPSA) is 0 Å². The van der Waals surface area contributed by atoms with E-state index in [0.29, 0.717) is 0 Å². The van der Waals surface area contributed by atoms with Gasteiger partial charge in [-0.05, 0) is 42.4 Å². The van der Waals surface area contributed by atoms with Crippen LogP contribution in [-0.2, 0) is 0 Å². The van der Waals surface area contributed by atoms with E-state index >= 15 is 0 Å². The van der Waals surface area contributed by atoms with Gasteiger partial charge in [-0.25, -0.2) is 0 Å². The third-order valence-electron chi connectivity index (χ3n) is 4.22. The zero-order valence-corrected chi connectivity index (χ0v) is 10.0. The Labute approximate surface area is 84.1 Å². The van der Waals surface area contributed by atoms with E-state index in [0.717, 1.165) is 29.6 Å². The standard InChI is InChI=1S/C13H26/c1-9(2)12(5)10(3)6-7-13-8-11(13)4/h9-13H,6-8H2,1-5H3. The summed E-state index contributed by atoms with van der Waals surface area (Å²) in [7, 11) is 0. The van der Waals surface area contributed by atoms with E-state index in [1.807, 2.05) is 0 Å². The summed E-state index contributed by atoms with van der Waals surface area (Å²) in [5.74, 6) is 4.80. The second-order valence-corrected chi connectivity index (χ2v) is 5.63. The molecule has 1 aliphatic carbocycles. The molecule has 0 heteroatoms. The van der Waals surface area contributed by atoms with Crippen LogP contribution < -0.4 is 0 Å². The lowest BCUT2D eigenvalue weighted by molar-refractivity contribution is 0.273. The van der Waals surface area contributed by atoms with Crippen LogP contribution in [0.1, 0.15) is 53.9 Å². The molecule has 4 unspecified atom stereocenters. The molecule has 1 fully saturated rings. The smallest absolute Gasteiger partial charge is 0.0386 e. The minimum absolute atomic E-state index is 0.853. The molecule has 0 spiro atoms. The Balaban J connectivity index is 2.13. The first-order chi connectivity index (χ1) is 6.02. The molecule has 0 heterocycles. The van der Waals surface area contributed by atoms with Gasteiger partial charge in [-0.15, -0.1) is 0 Å². The lowest BCUT2D eigenvalue weighted by Crippen LogP contribution is -2.14. The molecule has 1 rings (SSSR count). The largest absolute Gasteiger partial charge is 0.0625 e. The highest BCUT2D eigenvalue weighted by atomic mass is 14.4. The predicted octanol–water partition coefficient (Wildman–Crippen LogP) is 4.35. The normalized spacial score (nSPS) is 31.8. The molecule has 78 valence electrons. The lowest BCUT2D eigenvalue weighted by atomic mass is 9.83. The van der Waals surface area contributed by atoms with Crippen LogP contribution in [-0.4, -0.2) is 0 Å². The Bertz CT molecular complexity index is 148. The highest BCUT2D eigenvalue weighted by Gasteiger charge is 2.32. The highest BCUT2D eigenvalue weighted by molar-refractivity contribution is 4.82. The molecule has 4 atom stereocenters. The van der Waals surface area contributed by atoms with Crippen molar-refractivity contribution in [3.8, 4) is 0 Å². The molecule has 0 amide bonds. The highest BCUT2D eigenvalue weighted by Crippen LogP contribution is 2.42. The van der Waals surface area contributed by atoms with E-state index < -0.39 is 0 Å². The van der Waals surface area contributed by atoms with Crippen molar-refractivity contribution in [3.05, 3.63) is 0 Å². The van der Waals surface area contributed by atoms with Crippen molar-refractivity contribution < 1.29 is 0 Å². The van der Waals surface area contributed by atoms with E-state index in [1.165, 1.54) is 19.3 Å². The van der Waals surface area contributed by atoms with Crippen LogP contribution in [0.2, 0.25) is 0 Å². The summed E-state index contributed by atoms with van der Waals surface area (Å²) in [5, 5.41) is 0. The van der Waals surface area contributed by atoms with Crippen LogP contribution >= 0.6 is 0 Å². The fourth-order valence-corrected chi connectivity index (χ4v) is 2.20. The van der Waals surface area contributed by atoms with Gasteiger partial charge >= 0.3 is 0 Å². The van der Waals surface area contributed by atoms with Gasteiger partial charge in [-0.3, -0.25) is 0 Å².